The monoisotopic (exact) mass is 369 g/mol. The number of alkyl halides is 1. The molecule has 0 unspecified atom stereocenters. The van der Waals surface area contributed by atoms with Crippen molar-refractivity contribution in [3.63, 3.8) is 0 Å². The Bertz CT molecular complexity index is 408. The van der Waals surface area contributed by atoms with E-state index in [1.807, 2.05) is 0 Å². The number of thiazole rings is 1. The highest BCUT2D eigenvalue weighted by atomic mass is 127. The van der Waals surface area contributed by atoms with Gasteiger partial charge in [-0.25, -0.2) is 9.78 Å². The molecule has 2 N–H and O–H groups in total. The Hall–Kier alpha value is -0.900. The van der Waals surface area contributed by atoms with E-state index in [1.165, 1.54) is 11.3 Å². The van der Waals surface area contributed by atoms with Gasteiger partial charge in [0, 0.05) is 9.81 Å². The molecule has 0 saturated heterocycles. The first-order valence-electron chi connectivity index (χ1n) is 4.83. The van der Waals surface area contributed by atoms with Gasteiger partial charge in [-0.1, -0.05) is 27.7 Å². The zero-order chi connectivity index (χ0) is 12.7. The lowest BCUT2D eigenvalue weighted by atomic mass is 10.3. The van der Waals surface area contributed by atoms with Gasteiger partial charge in [-0.15, -0.1) is 11.3 Å². The molecule has 0 bridgehead atoms. The van der Waals surface area contributed by atoms with Crippen molar-refractivity contribution in [2.24, 2.45) is 5.16 Å². The van der Waals surface area contributed by atoms with Gasteiger partial charge in [0.25, 0.3) is 0 Å². The number of carbonyl (C=O) groups excluding carboxylic acids is 1. The van der Waals surface area contributed by atoms with Gasteiger partial charge in [0.2, 0.25) is 5.71 Å². The van der Waals surface area contributed by atoms with E-state index in [1.54, 1.807) is 12.3 Å². The minimum Gasteiger partial charge on any atom is -0.461 e. The summed E-state index contributed by atoms with van der Waals surface area (Å²) in [6.07, 6.45) is 0. The fourth-order valence-electron chi connectivity index (χ4n) is 0.929. The molecule has 0 amide bonds. The van der Waals surface area contributed by atoms with Crippen LogP contribution in [0.25, 0.3) is 0 Å². The quantitative estimate of drug-likeness (QED) is 0.205. The molecular weight excluding hydrogens is 357 g/mol. The van der Waals surface area contributed by atoms with Crippen molar-refractivity contribution in [2.75, 3.05) is 23.4 Å². The number of hydrogen-bond acceptors (Lipinski definition) is 7. The molecular formula is C9H12IN3O3S. The first-order valence-corrected chi connectivity index (χ1v) is 7.24. The van der Waals surface area contributed by atoms with E-state index in [-0.39, 0.29) is 12.3 Å². The Kier molecular flexibility index (Phi) is 6.19. The maximum Gasteiger partial charge on any atom is 0.362 e. The zero-order valence-corrected chi connectivity index (χ0v) is 12.2. The number of nitrogen functional groups attached to an aromatic ring is 1. The summed E-state index contributed by atoms with van der Waals surface area (Å²) in [4.78, 5) is 20.6. The first kappa shape index (κ1) is 14.2. The Morgan fingerprint density at radius 3 is 3.00 bits per heavy atom. The third-order valence-electron chi connectivity index (χ3n) is 1.56. The SMILES string of the molecule is CCOC(=O)/C(=N\OCCI)c1csc(N)n1. The number of esters is 1. The van der Waals surface area contributed by atoms with Crippen molar-refractivity contribution in [2.45, 2.75) is 6.92 Å². The van der Waals surface area contributed by atoms with Gasteiger partial charge in [-0.2, -0.15) is 0 Å². The van der Waals surface area contributed by atoms with Crippen molar-refractivity contribution in [1.29, 1.82) is 0 Å². The standard InChI is InChI=1S/C9H12IN3O3S/c1-2-15-8(14)7(13-16-4-3-10)6-5-17-9(11)12-6/h5H,2-4H2,1H3,(H2,11,12)/b13-7-. The normalized spacial score (nSPS) is 11.3. The number of oxime groups is 1. The zero-order valence-electron chi connectivity index (χ0n) is 9.18. The molecule has 0 spiro atoms. The third kappa shape index (κ3) is 4.46. The van der Waals surface area contributed by atoms with Gasteiger partial charge in [0.05, 0.1) is 6.61 Å². The van der Waals surface area contributed by atoms with Crippen LogP contribution in [0.5, 0.6) is 0 Å². The second-order valence-electron chi connectivity index (χ2n) is 2.75. The van der Waals surface area contributed by atoms with Crippen LogP contribution in [0.2, 0.25) is 0 Å². The maximum absolute atomic E-state index is 11.6. The van der Waals surface area contributed by atoms with Crippen LogP contribution in [0, 0.1) is 0 Å². The average Bonchev–Trinajstić information content (AvgIpc) is 2.71. The minimum absolute atomic E-state index is 0.0460. The molecule has 1 aromatic heterocycles. The molecule has 0 radical (unpaired) electrons. The van der Waals surface area contributed by atoms with E-state index in [0.717, 1.165) is 4.43 Å². The van der Waals surface area contributed by atoms with Crippen LogP contribution in [0.3, 0.4) is 0 Å². The minimum atomic E-state index is -0.564. The molecule has 0 fully saturated rings. The fourth-order valence-corrected chi connectivity index (χ4v) is 1.67. The topological polar surface area (TPSA) is 86.8 Å². The van der Waals surface area contributed by atoms with Crippen molar-refractivity contribution in [3.05, 3.63) is 11.1 Å². The Morgan fingerprint density at radius 2 is 2.47 bits per heavy atom. The smallest absolute Gasteiger partial charge is 0.362 e. The second kappa shape index (κ2) is 7.43. The van der Waals surface area contributed by atoms with E-state index >= 15 is 0 Å². The lowest BCUT2D eigenvalue weighted by Gasteiger charge is -2.03. The fraction of sp³-hybridized carbons (Fsp3) is 0.444. The number of halogens is 1. The third-order valence-corrected chi connectivity index (χ3v) is 2.67. The summed E-state index contributed by atoms with van der Waals surface area (Å²) in [5, 5.41) is 5.75. The maximum atomic E-state index is 11.6. The van der Waals surface area contributed by atoms with Crippen molar-refractivity contribution in [3.8, 4) is 0 Å². The molecule has 0 saturated carbocycles. The predicted octanol–water partition coefficient (Wildman–Crippen LogP) is 1.44. The van der Waals surface area contributed by atoms with Gasteiger partial charge >= 0.3 is 5.97 Å². The van der Waals surface area contributed by atoms with E-state index in [4.69, 9.17) is 15.3 Å². The van der Waals surface area contributed by atoms with Crippen LogP contribution >= 0.6 is 33.9 Å². The van der Waals surface area contributed by atoms with Gasteiger partial charge in [-0.05, 0) is 6.92 Å². The number of ether oxygens (including phenoxy) is 1. The largest absolute Gasteiger partial charge is 0.461 e. The van der Waals surface area contributed by atoms with Crippen LogP contribution in [0.4, 0.5) is 5.13 Å². The van der Waals surface area contributed by atoms with Crippen LogP contribution < -0.4 is 5.73 Å². The predicted molar refractivity (Wildman–Crippen MR) is 74.5 cm³/mol. The Morgan fingerprint density at radius 1 is 1.71 bits per heavy atom. The summed E-state index contributed by atoms with van der Waals surface area (Å²) in [5.41, 5.74) is 5.92. The summed E-state index contributed by atoms with van der Waals surface area (Å²) in [5.74, 6) is -0.564. The first-order chi connectivity index (χ1) is 8.19. The Balaban J connectivity index is 2.86. The Labute approximate surface area is 116 Å². The van der Waals surface area contributed by atoms with E-state index in [0.29, 0.717) is 17.4 Å². The van der Waals surface area contributed by atoms with E-state index in [9.17, 15) is 4.79 Å². The van der Waals surface area contributed by atoms with Crippen molar-refractivity contribution in [1.82, 2.24) is 4.98 Å². The molecule has 17 heavy (non-hydrogen) atoms. The summed E-state index contributed by atoms with van der Waals surface area (Å²) < 4.78 is 5.64. The summed E-state index contributed by atoms with van der Waals surface area (Å²) in [6, 6.07) is 0. The number of rotatable bonds is 6. The highest BCUT2D eigenvalue weighted by Gasteiger charge is 2.19. The van der Waals surface area contributed by atoms with Gasteiger partial charge < -0.3 is 15.3 Å². The molecule has 1 aromatic rings. The number of aromatic nitrogens is 1. The molecule has 0 aliphatic heterocycles. The molecule has 0 aromatic carbocycles. The average molecular weight is 369 g/mol. The molecule has 1 rings (SSSR count). The molecule has 6 nitrogen and oxygen atoms in total. The molecule has 0 aliphatic rings. The molecule has 0 atom stereocenters. The molecule has 94 valence electrons. The van der Waals surface area contributed by atoms with Crippen molar-refractivity contribution < 1.29 is 14.4 Å². The van der Waals surface area contributed by atoms with Crippen LogP contribution in [0.15, 0.2) is 10.5 Å². The van der Waals surface area contributed by atoms with Gasteiger partial charge in [0.15, 0.2) is 5.13 Å². The number of carbonyl (C=O) groups is 1. The summed E-state index contributed by atoms with van der Waals surface area (Å²) in [7, 11) is 0. The highest BCUT2D eigenvalue weighted by molar-refractivity contribution is 14.1. The summed E-state index contributed by atoms with van der Waals surface area (Å²) >= 11 is 3.37. The van der Waals surface area contributed by atoms with Crippen LogP contribution in [-0.2, 0) is 14.4 Å². The summed E-state index contributed by atoms with van der Waals surface area (Å²) in [6.45, 7) is 2.41. The van der Waals surface area contributed by atoms with Crippen LogP contribution in [0.1, 0.15) is 12.6 Å². The lowest BCUT2D eigenvalue weighted by Crippen LogP contribution is -2.20. The molecule has 1 heterocycles. The molecule has 8 heteroatoms. The number of nitrogens with two attached hydrogens (primary N) is 1. The number of nitrogens with zero attached hydrogens (tertiary/aromatic N) is 2. The highest BCUT2D eigenvalue weighted by Crippen LogP contribution is 2.13. The lowest BCUT2D eigenvalue weighted by molar-refractivity contribution is -0.135. The van der Waals surface area contributed by atoms with E-state index < -0.39 is 5.97 Å². The van der Waals surface area contributed by atoms with Gasteiger partial charge in [0.1, 0.15) is 12.3 Å². The van der Waals surface area contributed by atoms with Gasteiger partial charge in [-0.3, -0.25) is 0 Å². The second-order valence-corrected chi connectivity index (χ2v) is 4.72. The van der Waals surface area contributed by atoms with Crippen LogP contribution in [-0.4, -0.2) is 34.3 Å². The van der Waals surface area contributed by atoms with Crippen molar-refractivity contribution >= 4 is 50.7 Å². The van der Waals surface area contributed by atoms with E-state index in [2.05, 4.69) is 32.7 Å². The number of anilines is 1. The number of hydrogen-bond donors (Lipinski definition) is 1. The molecule has 0 aliphatic carbocycles.